The first kappa shape index (κ1) is 14.4. The summed E-state index contributed by atoms with van der Waals surface area (Å²) in [6, 6.07) is 0.718. The molecule has 1 saturated heterocycles. The maximum absolute atomic E-state index is 5.94. The van der Waals surface area contributed by atoms with E-state index in [0.717, 1.165) is 37.0 Å². The first-order valence-corrected chi connectivity index (χ1v) is 7.10. The van der Waals surface area contributed by atoms with Gasteiger partial charge in [0.1, 0.15) is 5.76 Å². The predicted octanol–water partition coefficient (Wildman–Crippen LogP) is 1.55. The zero-order chi connectivity index (χ0) is 14.0. The minimum atomic E-state index is 0.0471. The van der Waals surface area contributed by atoms with E-state index >= 15 is 0 Å². The SMILES string of the molecule is COC1=CC(C)(N2CCC(N(C)C)CC2)CC=C1N. The zero-order valence-electron chi connectivity index (χ0n) is 12.6. The van der Waals surface area contributed by atoms with E-state index in [1.807, 2.05) is 0 Å². The maximum Gasteiger partial charge on any atom is 0.139 e. The van der Waals surface area contributed by atoms with Gasteiger partial charge in [0.25, 0.3) is 0 Å². The van der Waals surface area contributed by atoms with Crippen LogP contribution in [0.1, 0.15) is 26.2 Å². The van der Waals surface area contributed by atoms with Gasteiger partial charge in [-0.25, -0.2) is 0 Å². The molecule has 4 nitrogen and oxygen atoms in total. The van der Waals surface area contributed by atoms with Gasteiger partial charge in [-0.3, -0.25) is 4.90 Å². The van der Waals surface area contributed by atoms with Crippen molar-refractivity contribution in [3.63, 3.8) is 0 Å². The minimum Gasteiger partial charge on any atom is -0.495 e. The Morgan fingerprint density at radius 1 is 1.37 bits per heavy atom. The van der Waals surface area contributed by atoms with Gasteiger partial charge in [-0.15, -0.1) is 0 Å². The standard InChI is InChI=1S/C15H27N3O/c1-15(8-5-13(16)14(11-15)19-4)18-9-6-12(7-10-18)17(2)3/h5,11-12H,6-10,16H2,1-4H3. The Labute approximate surface area is 116 Å². The van der Waals surface area contributed by atoms with Gasteiger partial charge >= 0.3 is 0 Å². The Morgan fingerprint density at radius 2 is 2.00 bits per heavy atom. The van der Waals surface area contributed by atoms with Crippen LogP contribution in [0.3, 0.4) is 0 Å². The number of likely N-dealkylation sites (tertiary alicyclic amines) is 1. The highest BCUT2D eigenvalue weighted by atomic mass is 16.5. The van der Waals surface area contributed by atoms with Crippen LogP contribution in [0.5, 0.6) is 0 Å². The Morgan fingerprint density at radius 3 is 2.53 bits per heavy atom. The van der Waals surface area contributed by atoms with Crippen LogP contribution >= 0.6 is 0 Å². The molecule has 0 aromatic heterocycles. The molecule has 0 radical (unpaired) electrons. The molecule has 19 heavy (non-hydrogen) atoms. The highest BCUT2D eigenvalue weighted by Gasteiger charge is 2.35. The average Bonchev–Trinajstić information content (AvgIpc) is 2.42. The lowest BCUT2D eigenvalue weighted by atomic mass is 9.87. The average molecular weight is 265 g/mol. The molecular weight excluding hydrogens is 238 g/mol. The summed E-state index contributed by atoms with van der Waals surface area (Å²) in [5.74, 6) is 0.823. The van der Waals surface area contributed by atoms with Crippen molar-refractivity contribution < 1.29 is 4.74 Å². The van der Waals surface area contributed by atoms with Crippen LogP contribution in [0.2, 0.25) is 0 Å². The molecule has 1 aliphatic heterocycles. The highest BCUT2D eigenvalue weighted by molar-refractivity contribution is 5.32. The summed E-state index contributed by atoms with van der Waals surface area (Å²) in [6.07, 6.45) is 7.73. The quantitative estimate of drug-likeness (QED) is 0.840. The number of piperidine rings is 1. The molecule has 1 atom stereocenters. The summed E-state index contributed by atoms with van der Waals surface area (Å²) < 4.78 is 5.38. The first-order chi connectivity index (χ1) is 8.96. The molecule has 0 saturated carbocycles. The Hall–Kier alpha value is -1.00. The third-order valence-corrected chi connectivity index (χ3v) is 4.60. The van der Waals surface area contributed by atoms with Crippen LogP contribution in [0.25, 0.3) is 0 Å². The molecule has 4 heteroatoms. The van der Waals surface area contributed by atoms with E-state index in [1.165, 1.54) is 12.8 Å². The van der Waals surface area contributed by atoms with Crippen LogP contribution < -0.4 is 5.73 Å². The smallest absolute Gasteiger partial charge is 0.139 e. The summed E-state index contributed by atoms with van der Waals surface area (Å²) >= 11 is 0. The molecule has 0 spiro atoms. The molecule has 0 bridgehead atoms. The van der Waals surface area contributed by atoms with Crippen molar-refractivity contribution >= 4 is 0 Å². The molecule has 108 valence electrons. The van der Waals surface area contributed by atoms with Crippen molar-refractivity contribution in [1.82, 2.24) is 9.80 Å². The van der Waals surface area contributed by atoms with E-state index in [1.54, 1.807) is 7.11 Å². The van der Waals surface area contributed by atoms with E-state index in [9.17, 15) is 0 Å². The summed E-state index contributed by atoms with van der Waals surface area (Å²) in [4.78, 5) is 4.91. The molecule has 2 rings (SSSR count). The van der Waals surface area contributed by atoms with Crippen molar-refractivity contribution in [2.45, 2.75) is 37.8 Å². The summed E-state index contributed by atoms with van der Waals surface area (Å²) in [7, 11) is 6.04. The van der Waals surface area contributed by atoms with E-state index in [-0.39, 0.29) is 5.54 Å². The Bertz CT molecular complexity index is 381. The van der Waals surface area contributed by atoms with E-state index < -0.39 is 0 Å². The Balaban J connectivity index is 2.05. The van der Waals surface area contributed by atoms with Gasteiger partial charge in [-0.2, -0.15) is 0 Å². The molecule has 2 aliphatic rings. The Kier molecular flexibility index (Phi) is 4.21. The minimum absolute atomic E-state index is 0.0471. The maximum atomic E-state index is 5.94. The normalized spacial score (nSPS) is 30.2. The van der Waals surface area contributed by atoms with E-state index in [0.29, 0.717) is 0 Å². The number of hydrogen-bond donors (Lipinski definition) is 1. The molecular formula is C15H27N3O. The molecule has 2 N–H and O–H groups in total. The van der Waals surface area contributed by atoms with Crippen molar-refractivity contribution in [2.24, 2.45) is 5.73 Å². The van der Waals surface area contributed by atoms with Crippen molar-refractivity contribution in [3.05, 3.63) is 23.6 Å². The van der Waals surface area contributed by atoms with Crippen LogP contribution in [-0.4, -0.2) is 55.7 Å². The van der Waals surface area contributed by atoms with Crippen molar-refractivity contribution in [3.8, 4) is 0 Å². The molecule has 0 amide bonds. The lowest BCUT2D eigenvalue weighted by Gasteiger charge is -2.45. The van der Waals surface area contributed by atoms with Crippen molar-refractivity contribution in [2.75, 3.05) is 34.3 Å². The van der Waals surface area contributed by atoms with Gasteiger partial charge in [-0.1, -0.05) is 6.08 Å². The predicted molar refractivity (Wildman–Crippen MR) is 78.7 cm³/mol. The van der Waals surface area contributed by atoms with Gasteiger partial charge < -0.3 is 15.4 Å². The van der Waals surface area contributed by atoms with Crippen LogP contribution in [-0.2, 0) is 4.74 Å². The van der Waals surface area contributed by atoms with Crippen LogP contribution in [0, 0.1) is 0 Å². The van der Waals surface area contributed by atoms with Crippen molar-refractivity contribution in [1.29, 1.82) is 0 Å². The summed E-state index contributed by atoms with van der Waals surface area (Å²) in [5.41, 5.74) is 6.76. The van der Waals surface area contributed by atoms with Gasteiger partial charge in [0, 0.05) is 24.7 Å². The first-order valence-electron chi connectivity index (χ1n) is 7.10. The molecule has 1 heterocycles. The summed E-state index contributed by atoms with van der Waals surface area (Å²) in [5, 5.41) is 0. The molecule has 0 aromatic rings. The van der Waals surface area contributed by atoms with Gasteiger partial charge in [-0.05, 0) is 46.4 Å². The lowest BCUT2D eigenvalue weighted by molar-refractivity contribution is 0.0758. The third kappa shape index (κ3) is 2.95. The molecule has 1 fully saturated rings. The molecule has 1 aliphatic carbocycles. The second kappa shape index (κ2) is 5.55. The third-order valence-electron chi connectivity index (χ3n) is 4.60. The van der Waals surface area contributed by atoms with Gasteiger partial charge in [0.05, 0.1) is 12.8 Å². The van der Waals surface area contributed by atoms with Gasteiger partial charge in [0.2, 0.25) is 0 Å². The van der Waals surface area contributed by atoms with Gasteiger partial charge in [0.15, 0.2) is 0 Å². The van der Waals surface area contributed by atoms with Crippen LogP contribution in [0.15, 0.2) is 23.6 Å². The van der Waals surface area contributed by atoms with E-state index in [4.69, 9.17) is 10.5 Å². The highest BCUT2D eigenvalue weighted by Crippen LogP contribution is 2.32. The monoisotopic (exact) mass is 265 g/mol. The molecule has 0 aromatic carbocycles. The number of nitrogens with zero attached hydrogens (tertiary/aromatic N) is 2. The second-order valence-electron chi connectivity index (χ2n) is 6.12. The number of methoxy groups -OCH3 is 1. The fraction of sp³-hybridized carbons (Fsp3) is 0.733. The molecule has 1 unspecified atom stereocenters. The fourth-order valence-corrected chi connectivity index (χ4v) is 3.13. The van der Waals surface area contributed by atoms with E-state index in [2.05, 4.69) is 43.0 Å². The number of rotatable bonds is 3. The fourth-order valence-electron chi connectivity index (χ4n) is 3.13. The number of hydrogen-bond acceptors (Lipinski definition) is 4. The topological polar surface area (TPSA) is 41.7 Å². The lowest BCUT2D eigenvalue weighted by Crippen LogP contribution is -2.52. The second-order valence-corrected chi connectivity index (χ2v) is 6.12. The largest absolute Gasteiger partial charge is 0.495 e. The zero-order valence-corrected chi connectivity index (χ0v) is 12.6. The number of nitrogens with two attached hydrogens (primary N) is 1. The van der Waals surface area contributed by atoms with Crippen LogP contribution in [0.4, 0.5) is 0 Å². The number of ether oxygens (including phenoxy) is 1. The summed E-state index contributed by atoms with van der Waals surface area (Å²) in [6.45, 7) is 4.56.